The smallest absolute Gasteiger partial charge is 0.180 e. The van der Waals surface area contributed by atoms with E-state index in [1.807, 2.05) is 31.2 Å². The number of aryl methyl sites for hydroxylation is 1. The molecule has 3 nitrogen and oxygen atoms in total. The van der Waals surface area contributed by atoms with Crippen LogP contribution in [0.2, 0.25) is 0 Å². The van der Waals surface area contributed by atoms with E-state index in [-0.39, 0.29) is 6.61 Å². The highest BCUT2D eigenvalue weighted by Gasteiger charge is 2.07. The lowest BCUT2D eigenvalue weighted by atomic mass is 10.1. The zero-order chi connectivity index (χ0) is 10.8. The lowest BCUT2D eigenvalue weighted by molar-refractivity contribution is 0.282. The van der Waals surface area contributed by atoms with E-state index in [1.54, 1.807) is 0 Å². The number of anilines is 1. The van der Waals surface area contributed by atoms with Gasteiger partial charge in [0, 0.05) is 10.4 Å². The first-order valence-electron chi connectivity index (χ1n) is 4.64. The number of rotatable bonds is 2. The van der Waals surface area contributed by atoms with Crippen molar-refractivity contribution in [3.8, 4) is 11.3 Å². The van der Waals surface area contributed by atoms with E-state index in [4.69, 9.17) is 10.8 Å². The Morgan fingerprint density at radius 1 is 1.47 bits per heavy atom. The minimum atomic E-state index is 0.0481. The lowest BCUT2D eigenvalue weighted by Crippen LogP contribution is -1.87. The molecule has 0 aliphatic rings. The molecule has 2 aromatic rings. The Bertz CT molecular complexity index is 479. The summed E-state index contributed by atoms with van der Waals surface area (Å²) in [6.45, 7) is 2.04. The van der Waals surface area contributed by atoms with Crippen LogP contribution < -0.4 is 5.73 Å². The molecule has 0 radical (unpaired) electrons. The lowest BCUT2D eigenvalue weighted by Gasteiger charge is -2.01. The van der Waals surface area contributed by atoms with Crippen molar-refractivity contribution in [2.45, 2.75) is 13.5 Å². The van der Waals surface area contributed by atoms with Gasteiger partial charge in [0.1, 0.15) is 0 Å². The second-order valence-electron chi connectivity index (χ2n) is 3.32. The average molecular weight is 220 g/mol. The van der Waals surface area contributed by atoms with Crippen LogP contribution in [-0.4, -0.2) is 10.1 Å². The molecule has 15 heavy (non-hydrogen) atoms. The summed E-state index contributed by atoms with van der Waals surface area (Å²) in [4.78, 5) is 5.37. The Hall–Kier alpha value is -1.39. The zero-order valence-electron chi connectivity index (χ0n) is 8.40. The van der Waals surface area contributed by atoms with Gasteiger partial charge in [-0.1, -0.05) is 18.2 Å². The van der Waals surface area contributed by atoms with Gasteiger partial charge in [-0.15, -0.1) is 11.3 Å². The van der Waals surface area contributed by atoms with E-state index in [1.165, 1.54) is 11.3 Å². The third-order valence-corrected chi connectivity index (χ3v) is 3.00. The van der Waals surface area contributed by atoms with Gasteiger partial charge in [-0.05, 0) is 18.6 Å². The van der Waals surface area contributed by atoms with E-state index in [9.17, 15) is 0 Å². The zero-order valence-corrected chi connectivity index (χ0v) is 9.21. The van der Waals surface area contributed by atoms with Gasteiger partial charge in [0.2, 0.25) is 0 Å². The first kappa shape index (κ1) is 10.1. The van der Waals surface area contributed by atoms with Gasteiger partial charge in [-0.25, -0.2) is 4.98 Å². The molecule has 0 unspecified atom stereocenters. The summed E-state index contributed by atoms with van der Waals surface area (Å²) in [6.07, 6.45) is 0. The number of aliphatic hydroxyl groups is 1. The van der Waals surface area contributed by atoms with E-state index in [0.717, 1.165) is 21.7 Å². The van der Waals surface area contributed by atoms with Crippen molar-refractivity contribution in [3.05, 3.63) is 34.7 Å². The van der Waals surface area contributed by atoms with Gasteiger partial charge in [0.15, 0.2) is 5.13 Å². The van der Waals surface area contributed by atoms with Crippen molar-refractivity contribution in [1.82, 2.24) is 4.98 Å². The molecule has 0 saturated heterocycles. The van der Waals surface area contributed by atoms with E-state index in [0.29, 0.717) is 5.13 Å². The summed E-state index contributed by atoms with van der Waals surface area (Å²) in [5.41, 5.74) is 8.45. The Balaban J connectivity index is 2.49. The van der Waals surface area contributed by atoms with Crippen molar-refractivity contribution in [1.29, 1.82) is 0 Å². The van der Waals surface area contributed by atoms with Crippen LogP contribution in [0, 0.1) is 6.92 Å². The van der Waals surface area contributed by atoms with Gasteiger partial charge in [0.05, 0.1) is 12.3 Å². The number of hydrogen-bond donors (Lipinski definition) is 2. The van der Waals surface area contributed by atoms with E-state index in [2.05, 4.69) is 4.98 Å². The number of nitrogens with zero attached hydrogens (tertiary/aromatic N) is 1. The summed E-state index contributed by atoms with van der Waals surface area (Å²) in [7, 11) is 0. The number of hydrogen-bond acceptors (Lipinski definition) is 4. The minimum Gasteiger partial charge on any atom is -0.392 e. The number of nitrogen functional groups attached to an aromatic ring is 1. The van der Waals surface area contributed by atoms with Gasteiger partial charge in [-0.3, -0.25) is 0 Å². The van der Waals surface area contributed by atoms with Crippen molar-refractivity contribution >= 4 is 16.5 Å². The van der Waals surface area contributed by atoms with Crippen molar-refractivity contribution in [2.75, 3.05) is 5.73 Å². The number of aromatic nitrogens is 1. The quantitative estimate of drug-likeness (QED) is 0.815. The third-order valence-electron chi connectivity index (χ3n) is 2.20. The molecule has 0 bridgehead atoms. The fourth-order valence-corrected chi connectivity index (χ4v) is 2.21. The maximum absolute atomic E-state index is 9.04. The maximum Gasteiger partial charge on any atom is 0.180 e. The number of benzene rings is 1. The standard InChI is InChI=1S/C11H12N2OS/c1-7-10(13-11(12)15-7)9-4-2-3-8(5-9)6-14/h2-5,14H,6H2,1H3,(H2,12,13). The fourth-order valence-electron chi connectivity index (χ4n) is 1.50. The van der Waals surface area contributed by atoms with Crippen molar-refractivity contribution < 1.29 is 5.11 Å². The molecule has 1 aromatic carbocycles. The summed E-state index contributed by atoms with van der Waals surface area (Å²) in [5.74, 6) is 0. The van der Waals surface area contributed by atoms with E-state index < -0.39 is 0 Å². The molecule has 1 aromatic heterocycles. The minimum absolute atomic E-state index is 0.0481. The highest BCUT2D eigenvalue weighted by atomic mass is 32.1. The fraction of sp³-hybridized carbons (Fsp3) is 0.182. The number of thiazole rings is 1. The van der Waals surface area contributed by atoms with Gasteiger partial charge >= 0.3 is 0 Å². The molecular formula is C11H12N2OS. The first-order chi connectivity index (χ1) is 7.20. The second-order valence-corrected chi connectivity index (χ2v) is 4.55. The van der Waals surface area contributed by atoms with Crippen molar-refractivity contribution in [2.24, 2.45) is 0 Å². The summed E-state index contributed by atoms with van der Waals surface area (Å²) in [6, 6.07) is 7.70. The topological polar surface area (TPSA) is 59.1 Å². The van der Waals surface area contributed by atoms with Crippen LogP contribution in [0.3, 0.4) is 0 Å². The Morgan fingerprint density at radius 3 is 2.87 bits per heavy atom. The molecule has 0 aliphatic heterocycles. The van der Waals surface area contributed by atoms with Crippen LogP contribution in [0.5, 0.6) is 0 Å². The third kappa shape index (κ3) is 2.00. The Labute approximate surface area is 92.2 Å². The Kier molecular flexibility index (Phi) is 2.70. The molecule has 4 heteroatoms. The first-order valence-corrected chi connectivity index (χ1v) is 5.45. The van der Waals surface area contributed by atoms with Crippen LogP contribution in [0.1, 0.15) is 10.4 Å². The maximum atomic E-state index is 9.04. The van der Waals surface area contributed by atoms with Crippen molar-refractivity contribution in [3.63, 3.8) is 0 Å². The predicted octanol–water partition coefficient (Wildman–Crippen LogP) is 2.19. The molecule has 0 fully saturated rings. The van der Waals surface area contributed by atoms with Crippen LogP contribution in [-0.2, 0) is 6.61 Å². The highest BCUT2D eigenvalue weighted by Crippen LogP contribution is 2.29. The van der Waals surface area contributed by atoms with Gasteiger partial charge in [-0.2, -0.15) is 0 Å². The normalized spacial score (nSPS) is 10.5. The van der Waals surface area contributed by atoms with Gasteiger partial charge < -0.3 is 10.8 Å². The molecule has 0 saturated carbocycles. The molecule has 0 spiro atoms. The number of aliphatic hydroxyl groups excluding tert-OH is 1. The average Bonchev–Trinajstić information content (AvgIpc) is 2.58. The SMILES string of the molecule is Cc1sc(N)nc1-c1cccc(CO)c1. The molecule has 0 atom stereocenters. The molecule has 78 valence electrons. The van der Waals surface area contributed by atoms with Crippen LogP contribution in [0.15, 0.2) is 24.3 Å². The molecule has 1 heterocycles. The monoisotopic (exact) mass is 220 g/mol. The van der Waals surface area contributed by atoms with Crippen LogP contribution >= 0.6 is 11.3 Å². The molecule has 2 rings (SSSR count). The Morgan fingerprint density at radius 2 is 2.27 bits per heavy atom. The van der Waals surface area contributed by atoms with Crippen LogP contribution in [0.25, 0.3) is 11.3 Å². The molecule has 3 N–H and O–H groups in total. The highest BCUT2D eigenvalue weighted by molar-refractivity contribution is 7.15. The molecular weight excluding hydrogens is 208 g/mol. The predicted molar refractivity (Wildman–Crippen MR) is 62.6 cm³/mol. The second kappa shape index (κ2) is 4.00. The largest absolute Gasteiger partial charge is 0.392 e. The van der Waals surface area contributed by atoms with E-state index >= 15 is 0 Å². The number of nitrogens with two attached hydrogens (primary N) is 1. The summed E-state index contributed by atoms with van der Waals surface area (Å²) in [5, 5.41) is 9.62. The van der Waals surface area contributed by atoms with Gasteiger partial charge in [0.25, 0.3) is 0 Å². The summed E-state index contributed by atoms with van der Waals surface area (Å²) < 4.78 is 0. The molecule has 0 aliphatic carbocycles. The molecule has 0 amide bonds. The summed E-state index contributed by atoms with van der Waals surface area (Å²) >= 11 is 1.48. The van der Waals surface area contributed by atoms with Crippen LogP contribution in [0.4, 0.5) is 5.13 Å².